The summed E-state index contributed by atoms with van der Waals surface area (Å²) in [6.45, 7) is 3.10. The van der Waals surface area contributed by atoms with Crippen LogP contribution in [-0.2, 0) is 6.54 Å². The maximum atomic E-state index is 13.1. The molecular weight excluding hydrogens is 353 g/mol. The van der Waals surface area contributed by atoms with E-state index in [2.05, 4.69) is 19.7 Å². The summed E-state index contributed by atoms with van der Waals surface area (Å²) < 4.78 is 15.2. The Morgan fingerprint density at radius 1 is 1.19 bits per heavy atom. The Morgan fingerprint density at radius 3 is 2.65 bits per heavy atom. The van der Waals surface area contributed by atoms with Crippen LogP contribution in [0, 0.1) is 5.82 Å². The SMILES string of the molecule is CSc1ccc(-c2nnc3n2CCN(C(=O)c2ccc(F)cc2)[C@@H]3C)[nH]1. The fourth-order valence-corrected chi connectivity index (χ4v) is 3.66. The van der Waals surface area contributed by atoms with E-state index in [1.54, 1.807) is 16.7 Å². The van der Waals surface area contributed by atoms with E-state index in [-0.39, 0.29) is 17.8 Å². The number of hydrogen-bond acceptors (Lipinski definition) is 4. The fourth-order valence-electron chi connectivity index (χ4n) is 3.24. The van der Waals surface area contributed by atoms with E-state index in [0.29, 0.717) is 18.7 Å². The highest BCUT2D eigenvalue weighted by Gasteiger charge is 2.32. The third-order valence-electron chi connectivity index (χ3n) is 4.66. The molecule has 1 aliphatic heterocycles. The first-order valence-corrected chi connectivity index (χ1v) is 9.54. The van der Waals surface area contributed by atoms with Crippen LogP contribution in [0.25, 0.3) is 11.5 Å². The number of nitrogens with zero attached hydrogens (tertiary/aromatic N) is 4. The van der Waals surface area contributed by atoms with Crippen LogP contribution in [0.4, 0.5) is 4.39 Å². The van der Waals surface area contributed by atoms with Gasteiger partial charge in [0.05, 0.1) is 16.8 Å². The average Bonchev–Trinajstić information content (AvgIpc) is 3.29. The van der Waals surface area contributed by atoms with Crippen molar-refractivity contribution >= 4 is 17.7 Å². The van der Waals surface area contributed by atoms with Crippen LogP contribution in [0.3, 0.4) is 0 Å². The highest BCUT2D eigenvalue weighted by molar-refractivity contribution is 7.98. The van der Waals surface area contributed by atoms with Gasteiger partial charge in [-0.25, -0.2) is 4.39 Å². The van der Waals surface area contributed by atoms with Crippen molar-refractivity contribution in [1.82, 2.24) is 24.6 Å². The molecule has 3 heterocycles. The van der Waals surface area contributed by atoms with Crippen LogP contribution in [0.5, 0.6) is 0 Å². The Balaban J connectivity index is 1.62. The normalized spacial score (nSPS) is 16.6. The number of aromatic nitrogens is 4. The van der Waals surface area contributed by atoms with Gasteiger partial charge in [-0.1, -0.05) is 0 Å². The summed E-state index contributed by atoms with van der Waals surface area (Å²) in [5, 5.41) is 9.72. The van der Waals surface area contributed by atoms with Gasteiger partial charge in [-0.3, -0.25) is 4.79 Å². The van der Waals surface area contributed by atoms with Crippen molar-refractivity contribution in [2.75, 3.05) is 12.8 Å². The van der Waals surface area contributed by atoms with Gasteiger partial charge >= 0.3 is 0 Å². The number of nitrogens with one attached hydrogen (secondary N) is 1. The van der Waals surface area contributed by atoms with Gasteiger partial charge in [0.15, 0.2) is 11.6 Å². The molecule has 1 atom stereocenters. The highest BCUT2D eigenvalue weighted by atomic mass is 32.2. The third kappa shape index (κ3) is 2.80. The molecule has 0 spiro atoms. The largest absolute Gasteiger partial charge is 0.347 e. The van der Waals surface area contributed by atoms with Crippen molar-refractivity contribution < 1.29 is 9.18 Å². The number of carbonyl (C=O) groups is 1. The van der Waals surface area contributed by atoms with Gasteiger partial charge in [0.25, 0.3) is 5.91 Å². The number of hydrogen-bond donors (Lipinski definition) is 1. The van der Waals surface area contributed by atoms with E-state index in [0.717, 1.165) is 22.4 Å². The summed E-state index contributed by atoms with van der Waals surface area (Å²) in [5.74, 6) is 1.05. The Bertz CT molecular complexity index is 949. The van der Waals surface area contributed by atoms with Crippen LogP contribution in [0.15, 0.2) is 41.4 Å². The topological polar surface area (TPSA) is 66.8 Å². The van der Waals surface area contributed by atoms with Gasteiger partial charge in [-0.2, -0.15) is 0 Å². The molecule has 1 aromatic carbocycles. The summed E-state index contributed by atoms with van der Waals surface area (Å²) in [5.41, 5.74) is 1.39. The van der Waals surface area contributed by atoms with Gasteiger partial charge in [-0.05, 0) is 49.6 Å². The molecule has 0 unspecified atom stereocenters. The van der Waals surface area contributed by atoms with Crippen LogP contribution in [0.1, 0.15) is 29.1 Å². The molecule has 4 rings (SSSR count). The third-order valence-corrected chi connectivity index (χ3v) is 5.34. The number of benzene rings is 1. The van der Waals surface area contributed by atoms with Crippen molar-refractivity contribution in [2.24, 2.45) is 0 Å². The first-order valence-electron chi connectivity index (χ1n) is 8.31. The van der Waals surface area contributed by atoms with E-state index in [4.69, 9.17) is 0 Å². The Hall–Kier alpha value is -2.61. The number of rotatable bonds is 3. The lowest BCUT2D eigenvalue weighted by molar-refractivity contribution is 0.0638. The predicted octanol–water partition coefficient (Wildman–Crippen LogP) is 3.35. The molecule has 1 aliphatic rings. The molecule has 0 fully saturated rings. The minimum Gasteiger partial charge on any atom is -0.347 e. The van der Waals surface area contributed by atoms with E-state index in [9.17, 15) is 9.18 Å². The minimum atomic E-state index is -0.354. The molecule has 0 radical (unpaired) electrons. The molecule has 0 saturated heterocycles. The zero-order chi connectivity index (χ0) is 18.3. The molecule has 26 heavy (non-hydrogen) atoms. The monoisotopic (exact) mass is 371 g/mol. The molecule has 0 bridgehead atoms. The smallest absolute Gasteiger partial charge is 0.254 e. The summed E-state index contributed by atoms with van der Waals surface area (Å²) in [6, 6.07) is 9.42. The lowest BCUT2D eigenvalue weighted by Gasteiger charge is -2.33. The molecule has 134 valence electrons. The van der Waals surface area contributed by atoms with Crippen LogP contribution >= 0.6 is 11.8 Å². The lowest BCUT2D eigenvalue weighted by Crippen LogP contribution is -2.41. The summed E-state index contributed by atoms with van der Waals surface area (Å²) in [7, 11) is 0. The Labute approximate surface area is 154 Å². The number of carbonyl (C=O) groups excluding carboxylic acids is 1. The zero-order valence-corrected chi connectivity index (χ0v) is 15.3. The molecule has 3 aromatic rings. The van der Waals surface area contributed by atoms with Crippen molar-refractivity contribution in [1.29, 1.82) is 0 Å². The summed E-state index contributed by atoms with van der Waals surface area (Å²) in [4.78, 5) is 17.9. The summed E-state index contributed by atoms with van der Waals surface area (Å²) in [6.07, 6.45) is 2.01. The molecule has 0 saturated carbocycles. The maximum absolute atomic E-state index is 13.1. The number of thioether (sulfide) groups is 1. The van der Waals surface area contributed by atoms with Gasteiger partial charge in [0, 0.05) is 18.7 Å². The lowest BCUT2D eigenvalue weighted by atomic mass is 10.1. The average molecular weight is 371 g/mol. The second-order valence-corrected chi connectivity index (χ2v) is 7.00. The molecule has 6 nitrogen and oxygen atoms in total. The number of aromatic amines is 1. The van der Waals surface area contributed by atoms with Crippen molar-refractivity contribution in [2.45, 2.75) is 24.5 Å². The van der Waals surface area contributed by atoms with E-state index < -0.39 is 0 Å². The van der Waals surface area contributed by atoms with Gasteiger partial charge in [-0.15, -0.1) is 22.0 Å². The van der Waals surface area contributed by atoms with E-state index >= 15 is 0 Å². The number of amides is 1. The van der Waals surface area contributed by atoms with Gasteiger partial charge < -0.3 is 14.5 Å². The Kier molecular flexibility index (Phi) is 4.28. The molecule has 0 aliphatic carbocycles. The summed E-state index contributed by atoms with van der Waals surface area (Å²) >= 11 is 1.64. The molecule has 2 aromatic heterocycles. The van der Waals surface area contributed by atoms with Crippen LogP contribution in [-0.4, -0.2) is 43.4 Å². The van der Waals surface area contributed by atoms with Crippen molar-refractivity contribution in [3.8, 4) is 11.5 Å². The maximum Gasteiger partial charge on any atom is 0.254 e. The Morgan fingerprint density at radius 2 is 1.96 bits per heavy atom. The van der Waals surface area contributed by atoms with Gasteiger partial charge in [0.2, 0.25) is 0 Å². The van der Waals surface area contributed by atoms with Gasteiger partial charge in [0.1, 0.15) is 5.82 Å². The van der Waals surface area contributed by atoms with E-state index in [1.807, 2.05) is 25.3 Å². The fraction of sp³-hybridized carbons (Fsp3) is 0.278. The standard InChI is InChI=1S/C18H18FN5OS/c1-11-16-21-22-17(14-7-8-15(20-14)26-2)24(16)10-9-23(11)18(25)12-3-5-13(19)6-4-12/h3-8,11,20H,9-10H2,1-2H3/t11-/m1/s1. The van der Waals surface area contributed by atoms with Crippen LogP contribution < -0.4 is 0 Å². The number of fused-ring (bicyclic) bond motifs is 1. The molecular formula is C18H18FN5OS. The second-order valence-electron chi connectivity index (χ2n) is 6.16. The second kappa shape index (κ2) is 6.60. The number of H-pyrrole nitrogens is 1. The number of halogens is 1. The quantitative estimate of drug-likeness (QED) is 0.717. The predicted molar refractivity (Wildman–Crippen MR) is 97.4 cm³/mol. The first kappa shape index (κ1) is 16.8. The molecule has 1 amide bonds. The van der Waals surface area contributed by atoms with Crippen molar-refractivity contribution in [3.05, 3.63) is 53.6 Å². The minimum absolute atomic E-state index is 0.127. The van der Waals surface area contributed by atoms with Crippen molar-refractivity contribution in [3.63, 3.8) is 0 Å². The molecule has 8 heteroatoms. The first-order chi connectivity index (χ1) is 12.6. The molecule has 1 N–H and O–H groups in total. The zero-order valence-electron chi connectivity index (χ0n) is 14.4. The van der Waals surface area contributed by atoms with Crippen LogP contribution in [0.2, 0.25) is 0 Å². The highest BCUT2D eigenvalue weighted by Crippen LogP contribution is 2.30. The van der Waals surface area contributed by atoms with E-state index in [1.165, 1.54) is 24.3 Å².